The van der Waals surface area contributed by atoms with Crippen molar-refractivity contribution < 1.29 is 8.42 Å². The molecule has 0 saturated heterocycles. The van der Waals surface area contributed by atoms with Crippen LogP contribution in [0.25, 0.3) is 0 Å². The Kier molecular flexibility index (Phi) is 4.46. The highest BCUT2D eigenvalue weighted by Gasteiger charge is 2.38. The van der Waals surface area contributed by atoms with Gasteiger partial charge >= 0.3 is 0 Å². The molecule has 20 heavy (non-hydrogen) atoms. The zero-order valence-electron chi connectivity index (χ0n) is 11.7. The Hall–Kier alpha value is -0.980. The second kappa shape index (κ2) is 5.79. The number of rotatable bonds is 6. The number of thiocarbonyl (C=S) groups is 1. The van der Waals surface area contributed by atoms with Crippen molar-refractivity contribution in [2.75, 3.05) is 6.54 Å². The first-order valence-corrected chi connectivity index (χ1v) is 8.59. The minimum absolute atomic E-state index is 0.165. The highest BCUT2D eigenvalue weighted by Crippen LogP contribution is 2.32. The Balaban J connectivity index is 2.29. The zero-order chi connectivity index (χ0) is 14.9. The van der Waals surface area contributed by atoms with Crippen LogP contribution < -0.4 is 5.73 Å². The number of sulfonamides is 1. The van der Waals surface area contributed by atoms with Crippen LogP contribution in [-0.4, -0.2) is 30.3 Å². The smallest absolute Gasteiger partial charge is 0.243 e. The van der Waals surface area contributed by atoms with Gasteiger partial charge in [0.25, 0.3) is 0 Å². The third-order valence-electron chi connectivity index (χ3n) is 3.24. The molecular weight excluding hydrogens is 292 g/mol. The summed E-state index contributed by atoms with van der Waals surface area (Å²) in [5.41, 5.74) is 6.21. The summed E-state index contributed by atoms with van der Waals surface area (Å²) in [6.07, 6.45) is 1.91. The maximum Gasteiger partial charge on any atom is 0.243 e. The van der Waals surface area contributed by atoms with Crippen LogP contribution in [0.3, 0.4) is 0 Å². The van der Waals surface area contributed by atoms with E-state index in [9.17, 15) is 8.42 Å². The largest absolute Gasteiger partial charge is 0.389 e. The van der Waals surface area contributed by atoms with Gasteiger partial charge in [0.15, 0.2) is 0 Å². The van der Waals surface area contributed by atoms with E-state index in [0.717, 1.165) is 12.8 Å². The molecule has 1 fully saturated rings. The van der Waals surface area contributed by atoms with Crippen LogP contribution >= 0.6 is 12.2 Å². The van der Waals surface area contributed by atoms with Crippen molar-refractivity contribution >= 4 is 27.2 Å². The molecule has 2 rings (SSSR count). The summed E-state index contributed by atoms with van der Waals surface area (Å²) in [6, 6.07) is 6.65. The lowest BCUT2D eigenvalue weighted by Crippen LogP contribution is -2.36. The highest BCUT2D eigenvalue weighted by molar-refractivity contribution is 7.89. The molecule has 110 valence electrons. The lowest BCUT2D eigenvalue weighted by molar-refractivity contribution is 0.360. The molecule has 0 radical (unpaired) electrons. The highest BCUT2D eigenvalue weighted by atomic mass is 32.2. The van der Waals surface area contributed by atoms with Crippen molar-refractivity contribution in [1.29, 1.82) is 0 Å². The number of benzene rings is 1. The quantitative estimate of drug-likeness (QED) is 0.817. The van der Waals surface area contributed by atoms with Gasteiger partial charge in [-0.2, -0.15) is 4.31 Å². The molecule has 6 heteroatoms. The Bertz CT molecular complexity index is 590. The first-order valence-electron chi connectivity index (χ1n) is 6.74. The van der Waals surface area contributed by atoms with E-state index in [1.807, 2.05) is 13.8 Å². The summed E-state index contributed by atoms with van der Waals surface area (Å²) in [5.74, 6) is 0.307. The fraction of sp³-hybridized carbons (Fsp3) is 0.500. The Morgan fingerprint density at radius 1 is 1.35 bits per heavy atom. The van der Waals surface area contributed by atoms with Gasteiger partial charge < -0.3 is 5.73 Å². The molecule has 0 atom stereocenters. The third-order valence-corrected chi connectivity index (χ3v) is 5.41. The van der Waals surface area contributed by atoms with Crippen LogP contribution in [-0.2, 0) is 10.0 Å². The third kappa shape index (κ3) is 3.37. The molecule has 1 aliphatic carbocycles. The van der Waals surface area contributed by atoms with E-state index in [1.165, 1.54) is 0 Å². The van der Waals surface area contributed by atoms with E-state index < -0.39 is 10.0 Å². The van der Waals surface area contributed by atoms with Gasteiger partial charge in [-0.3, -0.25) is 0 Å². The summed E-state index contributed by atoms with van der Waals surface area (Å²) >= 11 is 4.88. The van der Waals surface area contributed by atoms with Crippen LogP contribution in [0.5, 0.6) is 0 Å². The minimum Gasteiger partial charge on any atom is -0.389 e. The van der Waals surface area contributed by atoms with Gasteiger partial charge in [-0.25, -0.2) is 8.42 Å². The van der Waals surface area contributed by atoms with Crippen molar-refractivity contribution in [2.24, 2.45) is 11.7 Å². The summed E-state index contributed by atoms with van der Waals surface area (Å²) < 4.78 is 27.0. The predicted octanol–water partition coefficient (Wildman–Crippen LogP) is 2.13. The van der Waals surface area contributed by atoms with E-state index in [2.05, 4.69) is 0 Å². The van der Waals surface area contributed by atoms with Crippen molar-refractivity contribution in [1.82, 2.24) is 4.31 Å². The van der Waals surface area contributed by atoms with E-state index >= 15 is 0 Å². The molecule has 4 nitrogen and oxygen atoms in total. The van der Waals surface area contributed by atoms with Crippen molar-refractivity contribution in [3.8, 4) is 0 Å². The normalized spacial score (nSPS) is 15.8. The molecule has 0 amide bonds. The average Bonchev–Trinajstić information content (AvgIpc) is 3.20. The average molecular weight is 312 g/mol. The number of hydrogen-bond donors (Lipinski definition) is 1. The van der Waals surface area contributed by atoms with Crippen LogP contribution in [0, 0.1) is 5.92 Å². The number of nitrogens with zero attached hydrogens (tertiary/aromatic N) is 1. The van der Waals surface area contributed by atoms with Gasteiger partial charge in [0.05, 0.1) is 4.90 Å². The van der Waals surface area contributed by atoms with Gasteiger partial charge in [-0.15, -0.1) is 0 Å². The standard InChI is InChI=1S/C14H20N2O2S2/c1-10(2)9-16(12-5-6-12)20(17,18)13-7-3-11(4-8-13)14(15)19/h3-4,7-8,10,12H,5-6,9H2,1-2H3,(H2,15,19). The zero-order valence-corrected chi connectivity index (χ0v) is 13.4. The van der Waals surface area contributed by atoms with Crippen LogP contribution in [0.4, 0.5) is 0 Å². The fourth-order valence-electron chi connectivity index (χ4n) is 2.09. The van der Waals surface area contributed by atoms with E-state index in [4.69, 9.17) is 18.0 Å². The molecule has 1 saturated carbocycles. The first-order chi connectivity index (χ1) is 9.32. The van der Waals surface area contributed by atoms with E-state index in [-0.39, 0.29) is 11.0 Å². The van der Waals surface area contributed by atoms with E-state index in [1.54, 1.807) is 28.6 Å². The minimum atomic E-state index is -3.43. The van der Waals surface area contributed by atoms with Crippen LogP contribution in [0.15, 0.2) is 29.2 Å². The number of nitrogens with two attached hydrogens (primary N) is 1. The lowest BCUT2D eigenvalue weighted by Gasteiger charge is -2.23. The molecule has 2 N–H and O–H groups in total. The number of hydrogen-bond acceptors (Lipinski definition) is 3. The molecule has 0 bridgehead atoms. The van der Waals surface area contributed by atoms with Gasteiger partial charge in [0, 0.05) is 18.2 Å². The second-order valence-electron chi connectivity index (χ2n) is 5.59. The Morgan fingerprint density at radius 3 is 2.30 bits per heavy atom. The summed E-state index contributed by atoms with van der Waals surface area (Å²) in [5, 5.41) is 0. The maximum atomic E-state index is 12.7. The lowest BCUT2D eigenvalue weighted by atomic mass is 10.2. The Morgan fingerprint density at radius 2 is 1.90 bits per heavy atom. The predicted molar refractivity (Wildman–Crippen MR) is 84.1 cm³/mol. The molecule has 1 aliphatic rings. The SMILES string of the molecule is CC(C)CN(C1CC1)S(=O)(=O)c1ccc(C(N)=S)cc1. The van der Waals surface area contributed by atoms with Crippen molar-refractivity contribution in [2.45, 2.75) is 37.6 Å². The fourth-order valence-corrected chi connectivity index (χ4v) is 4.08. The molecule has 0 aromatic heterocycles. The summed E-state index contributed by atoms with van der Waals surface area (Å²) in [6.45, 7) is 4.62. The molecule has 0 aliphatic heterocycles. The van der Waals surface area contributed by atoms with Crippen molar-refractivity contribution in [3.05, 3.63) is 29.8 Å². The van der Waals surface area contributed by atoms with Gasteiger partial charge in [0.2, 0.25) is 10.0 Å². The van der Waals surface area contributed by atoms with Crippen LogP contribution in [0.1, 0.15) is 32.3 Å². The second-order valence-corrected chi connectivity index (χ2v) is 7.92. The Labute approximate surface area is 126 Å². The summed E-state index contributed by atoms with van der Waals surface area (Å²) in [7, 11) is -3.43. The monoisotopic (exact) mass is 312 g/mol. The maximum absolute atomic E-state index is 12.7. The molecule has 0 spiro atoms. The molecule has 1 aromatic carbocycles. The summed E-state index contributed by atoms with van der Waals surface area (Å²) in [4.78, 5) is 0.584. The van der Waals surface area contributed by atoms with E-state index in [0.29, 0.717) is 22.9 Å². The van der Waals surface area contributed by atoms with Gasteiger partial charge in [-0.1, -0.05) is 38.2 Å². The van der Waals surface area contributed by atoms with Gasteiger partial charge in [0.1, 0.15) is 4.99 Å². The van der Waals surface area contributed by atoms with Crippen molar-refractivity contribution in [3.63, 3.8) is 0 Å². The molecule has 0 unspecified atom stereocenters. The molecule has 0 heterocycles. The van der Waals surface area contributed by atoms with Gasteiger partial charge in [-0.05, 0) is 30.9 Å². The topological polar surface area (TPSA) is 63.4 Å². The molecule has 1 aromatic rings. The van der Waals surface area contributed by atoms with Crippen LogP contribution in [0.2, 0.25) is 0 Å². The first kappa shape index (κ1) is 15.4. The molecular formula is C14H20N2O2S2.